The second-order valence-corrected chi connectivity index (χ2v) is 8.96. The highest BCUT2D eigenvalue weighted by Gasteiger charge is 2.14. The minimum absolute atomic E-state index is 0.0840. The molecule has 1 fully saturated rings. The molecule has 2 aromatic rings. The van der Waals surface area contributed by atoms with Crippen LogP contribution in [0, 0.1) is 10.5 Å². The lowest BCUT2D eigenvalue weighted by Gasteiger charge is -2.26. The Bertz CT molecular complexity index is 870. The highest BCUT2D eigenvalue weighted by atomic mass is 127. The van der Waals surface area contributed by atoms with E-state index < -0.39 is 0 Å². The topological polar surface area (TPSA) is 72.1 Å². The van der Waals surface area contributed by atoms with E-state index in [-0.39, 0.29) is 12.5 Å². The van der Waals surface area contributed by atoms with Crippen molar-refractivity contribution < 1.29 is 19.0 Å². The fourth-order valence-corrected chi connectivity index (χ4v) is 4.29. The number of hydrogen-bond acceptors (Lipinski definition) is 6. The van der Waals surface area contributed by atoms with E-state index in [1.54, 1.807) is 7.11 Å². The van der Waals surface area contributed by atoms with Crippen LogP contribution in [0.15, 0.2) is 36.4 Å². The number of carbonyl (C=O) groups is 1. The van der Waals surface area contributed by atoms with Gasteiger partial charge in [0.2, 0.25) is 0 Å². The Morgan fingerprint density at radius 1 is 1.19 bits per heavy atom. The molecule has 1 aliphatic rings. The predicted molar refractivity (Wildman–Crippen MR) is 135 cm³/mol. The summed E-state index contributed by atoms with van der Waals surface area (Å²) >= 11 is 2.22. The lowest BCUT2D eigenvalue weighted by Crippen LogP contribution is -2.37. The summed E-state index contributed by atoms with van der Waals surface area (Å²) in [4.78, 5) is 14.7. The number of amides is 1. The number of benzene rings is 2. The van der Waals surface area contributed by atoms with Crippen molar-refractivity contribution >= 4 is 34.2 Å². The summed E-state index contributed by atoms with van der Waals surface area (Å²) in [5.41, 5.74) is 3.01. The van der Waals surface area contributed by atoms with E-state index >= 15 is 0 Å². The fourth-order valence-electron chi connectivity index (χ4n) is 3.47. The Morgan fingerprint density at radius 3 is 2.66 bits per heavy atom. The van der Waals surface area contributed by atoms with Gasteiger partial charge >= 0.3 is 0 Å². The highest BCUT2D eigenvalue weighted by Crippen LogP contribution is 2.34. The molecule has 0 bridgehead atoms. The van der Waals surface area contributed by atoms with Crippen molar-refractivity contribution in [3.63, 3.8) is 0 Å². The van der Waals surface area contributed by atoms with Crippen LogP contribution >= 0.6 is 22.6 Å². The summed E-state index contributed by atoms with van der Waals surface area (Å²) in [6.45, 7) is 8.46. The number of carbonyl (C=O) groups excluding carboxylic acids is 1. The van der Waals surface area contributed by atoms with E-state index in [9.17, 15) is 4.79 Å². The van der Waals surface area contributed by atoms with Gasteiger partial charge in [-0.15, -0.1) is 0 Å². The number of anilines is 1. The van der Waals surface area contributed by atoms with Crippen molar-refractivity contribution in [2.75, 3.05) is 58.4 Å². The van der Waals surface area contributed by atoms with Gasteiger partial charge in [0, 0.05) is 25.3 Å². The third kappa shape index (κ3) is 7.91. The third-order valence-electron chi connectivity index (χ3n) is 5.23. The molecule has 0 aliphatic carbocycles. The van der Waals surface area contributed by atoms with Gasteiger partial charge in [-0.1, -0.05) is 17.7 Å². The third-order valence-corrected chi connectivity index (χ3v) is 6.03. The van der Waals surface area contributed by atoms with Gasteiger partial charge in [-0.05, 0) is 78.9 Å². The molecule has 0 spiro atoms. The van der Waals surface area contributed by atoms with Crippen LogP contribution in [0.25, 0.3) is 0 Å². The summed E-state index contributed by atoms with van der Waals surface area (Å²) in [6.07, 6.45) is 1.10. The summed E-state index contributed by atoms with van der Waals surface area (Å²) in [5.74, 6) is 1.01. The van der Waals surface area contributed by atoms with Crippen LogP contribution in [0.4, 0.5) is 5.69 Å². The van der Waals surface area contributed by atoms with Crippen molar-refractivity contribution in [2.24, 2.45) is 0 Å². The van der Waals surface area contributed by atoms with Crippen molar-refractivity contribution in [3.05, 3.63) is 51.1 Å². The van der Waals surface area contributed by atoms with Crippen molar-refractivity contribution in [3.8, 4) is 11.5 Å². The van der Waals surface area contributed by atoms with Crippen molar-refractivity contribution in [1.29, 1.82) is 0 Å². The molecule has 32 heavy (non-hydrogen) atoms. The normalized spacial score (nSPS) is 14.2. The smallest absolute Gasteiger partial charge is 0.262 e. The molecule has 3 rings (SSSR count). The maximum atomic E-state index is 12.3. The van der Waals surface area contributed by atoms with Gasteiger partial charge in [0.1, 0.15) is 0 Å². The Kier molecular flexibility index (Phi) is 10.0. The van der Waals surface area contributed by atoms with E-state index in [1.165, 1.54) is 0 Å². The SMILES string of the molecule is COc1cc(CNCCCN2CCOCC2)cc(I)c1OCC(=O)Nc1ccc(C)cc1. The van der Waals surface area contributed by atoms with Gasteiger partial charge in [-0.2, -0.15) is 0 Å². The minimum atomic E-state index is -0.210. The molecule has 8 heteroatoms. The van der Waals surface area contributed by atoms with E-state index in [0.29, 0.717) is 11.5 Å². The molecule has 0 radical (unpaired) electrons. The number of morpholine rings is 1. The second kappa shape index (κ2) is 13.0. The quantitative estimate of drug-likeness (QED) is 0.328. The zero-order valence-corrected chi connectivity index (χ0v) is 20.9. The molecule has 1 saturated heterocycles. The van der Waals surface area contributed by atoms with Gasteiger partial charge in [0.05, 0.1) is 23.9 Å². The van der Waals surface area contributed by atoms with Crippen LogP contribution in [0.5, 0.6) is 11.5 Å². The first-order valence-corrected chi connectivity index (χ1v) is 12.0. The van der Waals surface area contributed by atoms with Gasteiger partial charge in [0.15, 0.2) is 18.1 Å². The molecule has 1 aliphatic heterocycles. The molecule has 2 N–H and O–H groups in total. The second-order valence-electron chi connectivity index (χ2n) is 7.80. The van der Waals surface area contributed by atoms with Crippen molar-refractivity contribution in [1.82, 2.24) is 10.2 Å². The van der Waals surface area contributed by atoms with Crippen LogP contribution in [-0.4, -0.2) is 63.9 Å². The zero-order valence-electron chi connectivity index (χ0n) is 18.8. The van der Waals surface area contributed by atoms with Gasteiger partial charge < -0.3 is 24.8 Å². The lowest BCUT2D eigenvalue weighted by atomic mass is 10.2. The Balaban J connectivity index is 1.46. The summed E-state index contributed by atoms with van der Waals surface area (Å²) in [5, 5.41) is 6.34. The average Bonchev–Trinajstić information content (AvgIpc) is 2.80. The monoisotopic (exact) mass is 553 g/mol. The molecule has 0 unspecified atom stereocenters. The number of rotatable bonds is 11. The number of hydrogen-bond donors (Lipinski definition) is 2. The van der Waals surface area contributed by atoms with E-state index in [0.717, 1.165) is 72.7 Å². The largest absolute Gasteiger partial charge is 0.493 e. The summed E-state index contributed by atoms with van der Waals surface area (Å²) < 4.78 is 17.6. The van der Waals surface area contributed by atoms with Crippen LogP contribution in [0.1, 0.15) is 17.5 Å². The van der Waals surface area contributed by atoms with Gasteiger partial charge in [0.25, 0.3) is 5.91 Å². The Morgan fingerprint density at radius 2 is 1.94 bits per heavy atom. The Hall–Kier alpha value is -1.88. The first-order chi connectivity index (χ1) is 15.5. The molecule has 2 aromatic carbocycles. The van der Waals surface area contributed by atoms with Crippen LogP contribution in [-0.2, 0) is 16.1 Å². The van der Waals surface area contributed by atoms with E-state index in [2.05, 4.69) is 44.2 Å². The molecule has 0 aromatic heterocycles. The highest BCUT2D eigenvalue weighted by molar-refractivity contribution is 14.1. The number of nitrogens with one attached hydrogen (secondary N) is 2. The van der Waals surface area contributed by atoms with E-state index in [4.69, 9.17) is 14.2 Å². The number of ether oxygens (including phenoxy) is 3. The first kappa shape index (κ1) is 24.8. The van der Waals surface area contributed by atoms with E-state index in [1.807, 2.05) is 37.3 Å². The molecule has 174 valence electrons. The van der Waals surface area contributed by atoms with Crippen molar-refractivity contribution in [2.45, 2.75) is 19.9 Å². The maximum Gasteiger partial charge on any atom is 0.262 e. The minimum Gasteiger partial charge on any atom is -0.493 e. The number of aryl methyl sites for hydroxylation is 1. The lowest BCUT2D eigenvalue weighted by molar-refractivity contribution is -0.118. The van der Waals surface area contributed by atoms with Gasteiger partial charge in [-0.25, -0.2) is 0 Å². The van der Waals surface area contributed by atoms with Gasteiger partial charge in [-0.3, -0.25) is 9.69 Å². The molecule has 0 saturated carbocycles. The number of nitrogens with zero attached hydrogens (tertiary/aromatic N) is 1. The van der Waals surface area contributed by atoms with Crippen LogP contribution in [0.2, 0.25) is 0 Å². The molecule has 7 nitrogen and oxygen atoms in total. The zero-order chi connectivity index (χ0) is 22.8. The first-order valence-electron chi connectivity index (χ1n) is 10.9. The molecule has 1 amide bonds. The average molecular weight is 553 g/mol. The fraction of sp³-hybridized carbons (Fsp3) is 0.458. The predicted octanol–water partition coefficient (Wildman–Crippen LogP) is 3.44. The molecule has 0 atom stereocenters. The maximum absolute atomic E-state index is 12.3. The number of halogens is 1. The van der Waals surface area contributed by atoms with Crippen LogP contribution < -0.4 is 20.1 Å². The summed E-state index contributed by atoms with van der Waals surface area (Å²) in [7, 11) is 1.62. The molecule has 1 heterocycles. The summed E-state index contributed by atoms with van der Waals surface area (Å²) in [6, 6.07) is 11.7. The standard InChI is InChI=1S/C24H32IN3O4/c1-18-4-6-20(7-5-18)27-23(29)17-32-24-21(25)14-19(15-22(24)30-2)16-26-8-3-9-28-10-12-31-13-11-28/h4-7,14-15,26H,3,8-13,16-17H2,1-2H3,(H,27,29). The molecular weight excluding hydrogens is 521 g/mol. The Labute approximate surface area is 203 Å². The molecular formula is C24H32IN3O4. The number of methoxy groups -OCH3 is 1. The van der Waals surface area contributed by atoms with Crippen LogP contribution in [0.3, 0.4) is 0 Å².